The summed E-state index contributed by atoms with van der Waals surface area (Å²) in [6.07, 6.45) is 0. The van der Waals surface area contributed by atoms with Crippen molar-refractivity contribution in [1.82, 2.24) is 0 Å². The van der Waals surface area contributed by atoms with Crippen molar-refractivity contribution in [3.63, 3.8) is 0 Å². The first-order valence-electron chi connectivity index (χ1n) is 6.03. The van der Waals surface area contributed by atoms with Gasteiger partial charge in [0.1, 0.15) is 11.6 Å². The summed E-state index contributed by atoms with van der Waals surface area (Å²) in [5, 5.41) is 0. The summed E-state index contributed by atoms with van der Waals surface area (Å²) in [6, 6.07) is 13.6. The van der Waals surface area contributed by atoms with Gasteiger partial charge in [-0.25, -0.2) is 4.39 Å². The van der Waals surface area contributed by atoms with Crippen LogP contribution in [0, 0.1) is 5.82 Å². The van der Waals surface area contributed by atoms with E-state index in [1.165, 1.54) is 12.1 Å². The molecule has 0 heterocycles. The van der Waals surface area contributed by atoms with Crippen LogP contribution in [-0.4, -0.2) is 15.9 Å². The number of carbonyl (C=O) groups is 1. The summed E-state index contributed by atoms with van der Waals surface area (Å²) >= 11 is 0. The Bertz CT molecular complexity index is 641. The average Bonchev–Trinajstić information content (AvgIpc) is 2.38. The topological polar surface area (TPSA) is 60.2 Å². The van der Waals surface area contributed by atoms with E-state index in [-0.39, 0.29) is 17.3 Å². The molecule has 0 fully saturated rings. The van der Waals surface area contributed by atoms with Crippen molar-refractivity contribution < 1.29 is 13.4 Å². The number of nitrogens with two attached hydrogens (primary N) is 1. The fourth-order valence-electron chi connectivity index (χ4n) is 1.88. The zero-order valence-electron chi connectivity index (χ0n) is 10.7. The summed E-state index contributed by atoms with van der Waals surface area (Å²) in [5.74, 6) is -0.718. The minimum atomic E-state index is -1.30. The first-order valence-corrected chi connectivity index (χ1v) is 7.51. The van der Waals surface area contributed by atoms with Crippen LogP contribution in [-0.2, 0) is 21.3 Å². The molecule has 0 aliphatic rings. The van der Waals surface area contributed by atoms with Crippen molar-refractivity contribution in [2.75, 3.05) is 5.75 Å². The maximum atomic E-state index is 12.9. The maximum Gasteiger partial charge on any atom is 0.230 e. The standard InChI is InChI=1S/C15H14FNO2S/c16-14-6-4-12(5-7-14)13-3-1-2-11(8-13)9-20(19)10-15(17)18/h1-8H,9-10H2,(H2,17,18). The molecule has 0 aliphatic heterocycles. The van der Waals surface area contributed by atoms with Crippen molar-refractivity contribution in [3.8, 4) is 11.1 Å². The number of rotatable bonds is 5. The Morgan fingerprint density at radius 3 is 2.45 bits per heavy atom. The van der Waals surface area contributed by atoms with E-state index in [4.69, 9.17) is 5.73 Å². The molecule has 1 atom stereocenters. The molecule has 2 aromatic carbocycles. The molecule has 0 bridgehead atoms. The molecule has 0 saturated carbocycles. The third-order valence-corrected chi connectivity index (χ3v) is 4.00. The number of benzene rings is 2. The minimum absolute atomic E-state index is 0.138. The first-order chi connectivity index (χ1) is 9.54. The van der Waals surface area contributed by atoms with Crippen molar-refractivity contribution >= 4 is 16.7 Å². The van der Waals surface area contributed by atoms with Gasteiger partial charge in [-0.3, -0.25) is 9.00 Å². The van der Waals surface area contributed by atoms with Crippen LogP contribution in [0.25, 0.3) is 11.1 Å². The highest BCUT2D eigenvalue weighted by atomic mass is 32.2. The third kappa shape index (κ3) is 3.99. The van der Waals surface area contributed by atoms with Gasteiger partial charge >= 0.3 is 0 Å². The van der Waals surface area contributed by atoms with Gasteiger partial charge < -0.3 is 5.73 Å². The number of amides is 1. The van der Waals surface area contributed by atoms with E-state index >= 15 is 0 Å². The molecule has 0 spiro atoms. The van der Waals surface area contributed by atoms with Crippen molar-refractivity contribution in [3.05, 3.63) is 59.9 Å². The number of halogens is 1. The van der Waals surface area contributed by atoms with Crippen LogP contribution in [0.2, 0.25) is 0 Å². The second kappa shape index (κ2) is 6.43. The average molecular weight is 291 g/mol. The van der Waals surface area contributed by atoms with Crippen LogP contribution in [0.3, 0.4) is 0 Å². The molecule has 0 radical (unpaired) electrons. The van der Waals surface area contributed by atoms with E-state index in [2.05, 4.69) is 0 Å². The molecule has 0 aliphatic carbocycles. The van der Waals surface area contributed by atoms with Gasteiger partial charge in [-0.05, 0) is 28.8 Å². The molecule has 0 saturated heterocycles. The monoisotopic (exact) mass is 291 g/mol. The van der Waals surface area contributed by atoms with Crippen molar-refractivity contribution in [2.24, 2.45) is 5.73 Å². The van der Waals surface area contributed by atoms with Gasteiger partial charge in [-0.2, -0.15) is 0 Å². The summed E-state index contributed by atoms with van der Waals surface area (Å²) in [4.78, 5) is 10.7. The lowest BCUT2D eigenvalue weighted by atomic mass is 10.0. The Morgan fingerprint density at radius 2 is 1.80 bits per heavy atom. The lowest BCUT2D eigenvalue weighted by Crippen LogP contribution is -2.20. The van der Waals surface area contributed by atoms with Gasteiger partial charge in [0.15, 0.2) is 0 Å². The number of hydrogen-bond acceptors (Lipinski definition) is 2. The largest absolute Gasteiger partial charge is 0.369 e. The summed E-state index contributed by atoms with van der Waals surface area (Å²) in [6.45, 7) is 0. The van der Waals surface area contributed by atoms with Gasteiger partial charge in [0.05, 0.1) is 0 Å². The highest BCUT2D eigenvalue weighted by molar-refractivity contribution is 7.84. The van der Waals surface area contributed by atoms with Crippen LogP contribution < -0.4 is 5.73 Å². The van der Waals surface area contributed by atoms with Crippen molar-refractivity contribution in [2.45, 2.75) is 5.75 Å². The number of hydrogen-bond donors (Lipinski definition) is 1. The van der Waals surface area contributed by atoms with Crippen LogP contribution in [0.5, 0.6) is 0 Å². The molecule has 2 aromatic rings. The zero-order chi connectivity index (χ0) is 14.5. The predicted octanol–water partition coefficient (Wildman–Crippen LogP) is 2.23. The van der Waals surface area contributed by atoms with Crippen LogP contribution in [0.1, 0.15) is 5.56 Å². The Kier molecular flexibility index (Phi) is 4.63. The SMILES string of the molecule is NC(=O)CS(=O)Cc1cccc(-c2ccc(F)cc2)c1. The maximum absolute atomic E-state index is 12.9. The zero-order valence-corrected chi connectivity index (χ0v) is 11.5. The van der Waals surface area contributed by atoms with E-state index in [1.807, 2.05) is 24.3 Å². The lowest BCUT2D eigenvalue weighted by Gasteiger charge is -2.05. The Morgan fingerprint density at radius 1 is 1.10 bits per heavy atom. The molecule has 1 amide bonds. The predicted molar refractivity (Wildman–Crippen MR) is 77.7 cm³/mol. The van der Waals surface area contributed by atoms with E-state index in [9.17, 15) is 13.4 Å². The quantitative estimate of drug-likeness (QED) is 0.918. The van der Waals surface area contributed by atoms with Crippen LogP contribution >= 0.6 is 0 Å². The fourth-order valence-corrected chi connectivity index (χ4v) is 2.85. The normalized spacial score (nSPS) is 12.1. The second-order valence-corrected chi connectivity index (χ2v) is 5.86. The number of primary amides is 1. The fraction of sp³-hybridized carbons (Fsp3) is 0.133. The van der Waals surface area contributed by atoms with Gasteiger partial charge in [0, 0.05) is 16.6 Å². The molecule has 3 nitrogen and oxygen atoms in total. The second-order valence-electron chi connectivity index (χ2n) is 4.40. The molecular weight excluding hydrogens is 277 g/mol. The van der Waals surface area contributed by atoms with E-state index < -0.39 is 16.7 Å². The molecule has 2 rings (SSSR count). The van der Waals surface area contributed by atoms with Crippen LogP contribution in [0.4, 0.5) is 4.39 Å². The molecule has 20 heavy (non-hydrogen) atoms. The highest BCUT2D eigenvalue weighted by Gasteiger charge is 2.06. The Labute approximate surface area is 119 Å². The summed E-state index contributed by atoms with van der Waals surface area (Å²) in [5.41, 5.74) is 7.67. The van der Waals surface area contributed by atoms with E-state index in [1.54, 1.807) is 12.1 Å². The van der Waals surface area contributed by atoms with Gasteiger partial charge in [-0.15, -0.1) is 0 Å². The highest BCUT2D eigenvalue weighted by Crippen LogP contribution is 2.21. The molecule has 2 N–H and O–H groups in total. The van der Waals surface area contributed by atoms with Crippen molar-refractivity contribution in [1.29, 1.82) is 0 Å². The van der Waals surface area contributed by atoms with Gasteiger partial charge in [0.25, 0.3) is 0 Å². The minimum Gasteiger partial charge on any atom is -0.369 e. The Hall–Kier alpha value is -2.01. The molecule has 0 aromatic heterocycles. The third-order valence-electron chi connectivity index (χ3n) is 2.74. The smallest absolute Gasteiger partial charge is 0.230 e. The molecule has 1 unspecified atom stereocenters. The lowest BCUT2D eigenvalue weighted by molar-refractivity contribution is -0.115. The summed E-state index contributed by atoms with van der Waals surface area (Å²) < 4.78 is 24.6. The molecule has 5 heteroatoms. The van der Waals surface area contributed by atoms with Crippen LogP contribution in [0.15, 0.2) is 48.5 Å². The van der Waals surface area contributed by atoms with E-state index in [0.717, 1.165) is 16.7 Å². The van der Waals surface area contributed by atoms with E-state index in [0.29, 0.717) is 0 Å². The molecule has 104 valence electrons. The first kappa shape index (κ1) is 14.4. The summed E-state index contributed by atoms with van der Waals surface area (Å²) in [7, 11) is -1.30. The number of carbonyl (C=O) groups excluding carboxylic acids is 1. The molecular formula is C15H14FNO2S. The van der Waals surface area contributed by atoms with Gasteiger partial charge in [-0.1, -0.05) is 36.4 Å². The van der Waals surface area contributed by atoms with Gasteiger partial charge in [0.2, 0.25) is 5.91 Å². The Balaban J connectivity index is 2.17.